The number of hydrogen-bond donors (Lipinski definition) is 1. The van der Waals surface area contributed by atoms with Gasteiger partial charge in [0.05, 0.1) is 11.0 Å². The molecule has 1 aromatic carbocycles. The molecule has 2 aromatic rings. The predicted molar refractivity (Wildman–Crippen MR) is 85.2 cm³/mol. The molecule has 0 aliphatic carbocycles. The van der Waals surface area contributed by atoms with Crippen molar-refractivity contribution in [2.45, 2.75) is 19.3 Å². The molecule has 0 aliphatic rings. The quantitative estimate of drug-likeness (QED) is 0.852. The van der Waals surface area contributed by atoms with Crippen LogP contribution in [0, 0.1) is 5.82 Å². The molecule has 120 valence electrons. The van der Waals surface area contributed by atoms with Crippen molar-refractivity contribution in [2.75, 3.05) is 34.2 Å². The van der Waals surface area contributed by atoms with Crippen LogP contribution in [0.15, 0.2) is 18.2 Å². The van der Waals surface area contributed by atoms with Gasteiger partial charge in [-0.05, 0) is 45.3 Å². The Balaban J connectivity index is 1.84. The molecule has 1 amide bonds. The first-order valence-corrected chi connectivity index (χ1v) is 7.48. The van der Waals surface area contributed by atoms with Gasteiger partial charge in [0.1, 0.15) is 11.6 Å². The van der Waals surface area contributed by atoms with E-state index in [4.69, 9.17) is 0 Å². The number of aromatic nitrogens is 2. The van der Waals surface area contributed by atoms with E-state index in [1.165, 1.54) is 12.1 Å². The number of nitrogens with one attached hydrogen (secondary N) is 1. The van der Waals surface area contributed by atoms with Crippen molar-refractivity contribution in [3.63, 3.8) is 0 Å². The van der Waals surface area contributed by atoms with Gasteiger partial charge in [-0.3, -0.25) is 4.79 Å². The fourth-order valence-corrected chi connectivity index (χ4v) is 2.32. The number of carbonyl (C=O) groups is 1. The van der Waals surface area contributed by atoms with Crippen molar-refractivity contribution in [1.29, 1.82) is 0 Å². The van der Waals surface area contributed by atoms with Crippen LogP contribution in [0.25, 0.3) is 11.0 Å². The first-order chi connectivity index (χ1) is 10.5. The Kier molecular flexibility index (Phi) is 5.49. The minimum Gasteiger partial charge on any atom is -0.346 e. The maximum atomic E-state index is 13.1. The van der Waals surface area contributed by atoms with Crippen molar-refractivity contribution < 1.29 is 9.18 Å². The molecule has 0 saturated carbocycles. The normalized spacial score (nSPS) is 11.3. The van der Waals surface area contributed by atoms with Crippen molar-refractivity contribution in [2.24, 2.45) is 0 Å². The molecule has 0 bridgehead atoms. The number of rotatable bonds is 7. The van der Waals surface area contributed by atoms with Crippen LogP contribution in [0.5, 0.6) is 0 Å². The van der Waals surface area contributed by atoms with Crippen LogP contribution in [0.1, 0.15) is 18.7 Å². The fraction of sp³-hybridized carbons (Fsp3) is 0.500. The highest BCUT2D eigenvalue weighted by Gasteiger charge is 2.11. The molecule has 1 heterocycles. The molecule has 22 heavy (non-hydrogen) atoms. The van der Waals surface area contributed by atoms with E-state index in [-0.39, 0.29) is 11.7 Å². The predicted octanol–water partition coefficient (Wildman–Crippen LogP) is 2.04. The Morgan fingerprint density at radius 1 is 1.27 bits per heavy atom. The molecule has 0 aliphatic heterocycles. The Bertz CT molecular complexity index is 638. The summed E-state index contributed by atoms with van der Waals surface area (Å²) in [7, 11) is 5.87. The van der Waals surface area contributed by atoms with Crippen molar-refractivity contribution >= 4 is 16.9 Å². The molecule has 5 nitrogen and oxygen atoms in total. The minimum atomic E-state index is -0.292. The molecule has 0 spiro atoms. The third-order valence-corrected chi connectivity index (χ3v) is 3.59. The van der Waals surface area contributed by atoms with E-state index in [0.29, 0.717) is 18.4 Å². The largest absolute Gasteiger partial charge is 0.346 e. The highest BCUT2D eigenvalue weighted by Crippen LogP contribution is 2.14. The molecular weight excluding hydrogens is 283 g/mol. The second-order valence-electron chi connectivity index (χ2n) is 5.82. The third kappa shape index (κ3) is 4.53. The van der Waals surface area contributed by atoms with E-state index in [9.17, 15) is 9.18 Å². The lowest BCUT2D eigenvalue weighted by Crippen LogP contribution is -2.29. The molecule has 1 aromatic heterocycles. The second-order valence-corrected chi connectivity index (χ2v) is 5.82. The van der Waals surface area contributed by atoms with Crippen LogP contribution >= 0.6 is 0 Å². The Hall–Kier alpha value is -1.95. The zero-order valence-corrected chi connectivity index (χ0v) is 13.4. The van der Waals surface area contributed by atoms with Crippen LogP contribution in [0.3, 0.4) is 0 Å². The van der Waals surface area contributed by atoms with E-state index >= 15 is 0 Å². The summed E-state index contributed by atoms with van der Waals surface area (Å²) in [6, 6.07) is 4.44. The first kappa shape index (κ1) is 16.4. The molecule has 0 fully saturated rings. The highest BCUT2D eigenvalue weighted by atomic mass is 19.1. The Morgan fingerprint density at radius 2 is 2.05 bits per heavy atom. The van der Waals surface area contributed by atoms with Crippen molar-refractivity contribution in [1.82, 2.24) is 19.8 Å². The number of aryl methyl sites for hydroxylation is 1. The number of fused-ring (bicyclic) bond motifs is 1. The lowest BCUT2D eigenvalue weighted by molar-refractivity contribution is -0.129. The number of benzene rings is 1. The van der Waals surface area contributed by atoms with E-state index < -0.39 is 0 Å². The monoisotopic (exact) mass is 306 g/mol. The lowest BCUT2D eigenvalue weighted by Gasteiger charge is -2.18. The van der Waals surface area contributed by atoms with Gasteiger partial charge in [-0.2, -0.15) is 0 Å². The van der Waals surface area contributed by atoms with E-state index in [0.717, 1.165) is 30.9 Å². The summed E-state index contributed by atoms with van der Waals surface area (Å²) in [5, 5.41) is 0. The topological polar surface area (TPSA) is 52.2 Å². The average molecular weight is 306 g/mol. The third-order valence-electron chi connectivity index (χ3n) is 3.59. The first-order valence-electron chi connectivity index (χ1n) is 7.48. The Labute approximate surface area is 130 Å². The zero-order valence-electron chi connectivity index (χ0n) is 13.4. The summed E-state index contributed by atoms with van der Waals surface area (Å²) in [6.45, 7) is 1.72. The van der Waals surface area contributed by atoms with Gasteiger partial charge >= 0.3 is 0 Å². The number of H-pyrrole nitrogens is 1. The van der Waals surface area contributed by atoms with Gasteiger partial charge in [0, 0.05) is 26.4 Å². The summed E-state index contributed by atoms with van der Waals surface area (Å²) >= 11 is 0. The van der Waals surface area contributed by atoms with Crippen LogP contribution in [-0.2, 0) is 11.2 Å². The number of nitrogens with zero attached hydrogens (tertiary/aromatic N) is 3. The number of hydrogen-bond acceptors (Lipinski definition) is 3. The standard InChI is InChI=1S/C16H23FN4O/c1-20(2)9-4-10-21(3)16(22)8-7-15-18-13-6-5-12(17)11-14(13)19-15/h5-6,11H,4,7-10H2,1-3H3,(H,18,19). The number of imidazole rings is 1. The van der Waals surface area contributed by atoms with Gasteiger partial charge in [0.25, 0.3) is 0 Å². The summed E-state index contributed by atoms with van der Waals surface area (Å²) in [4.78, 5) is 23.4. The maximum absolute atomic E-state index is 13.1. The summed E-state index contributed by atoms with van der Waals surface area (Å²) in [5.74, 6) is 0.528. The van der Waals surface area contributed by atoms with Crippen molar-refractivity contribution in [3.05, 3.63) is 29.8 Å². The van der Waals surface area contributed by atoms with Crippen LogP contribution in [0.4, 0.5) is 4.39 Å². The molecule has 0 saturated heterocycles. The van der Waals surface area contributed by atoms with Gasteiger partial charge in [0.15, 0.2) is 0 Å². The zero-order chi connectivity index (χ0) is 16.1. The molecule has 0 radical (unpaired) electrons. The Morgan fingerprint density at radius 3 is 2.77 bits per heavy atom. The van der Waals surface area contributed by atoms with Gasteiger partial charge < -0.3 is 14.8 Å². The minimum absolute atomic E-state index is 0.102. The smallest absolute Gasteiger partial charge is 0.222 e. The summed E-state index contributed by atoms with van der Waals surface area (Å²) in [6.07, 6.45) is 1.90. The summed E-state index contributed by atoms with van der Waals surface area (Å²) < 4.78 is 13.1. The number of carbonyl (C=O) groups excluding carboxylic acids is 1. The van der Waals surface area contributed by atoms with Crippen LogP contribution in [0.2, 0.25) is 0 Å². The van der Waals surface area contributed by atoms with Gasteiger partial charge in [-0.15, -0.1) is 0 Å². The number of amides is 1. The van der Waals surface area contributed by atoms with Crippen LogP contribution in [-0.4, -0.2) is 59.9 Å². The van der Waals surface area contributed by atoms with Gasteiger partial charge in [0.2, 0.25) is 5.91 Å². The SMILES string of the molecule is CN(C)CCCN(C)C(=O)CCc1nc2ccc(F)cc2[nH]1. The highest BCUT2D eigenvalue weighted by molar-refractivity contribution is 5.77. The molecular formula is C16H23FN4O. The average Bonchev–Trinajstić information content (AvgIpc) is 2.86. The number of halogens is 1. The van der Waals surface area contributed by atoms with Crippen LogP contribution < -0.4 is 0 Å². The number of aromatic amines is 1. The molecule has 0 atom stereocenters. The van der Waals surface area contributed by atoms with Gasteiger partial charge in [-0.25, -0.2) is 9.37 Å². The molecule has 0 unspecified atom stereocenters. The van der Waals surface area contributed by atoms with E-state index in [2.05, 4.69) is 14.9 Å². The maximum Gasteiger partial charge on any atom is 0.222 e. The second kappa shape index (κ2) is 7.35. The molecule has 2 rings (SSSR count). The summed E-state index contributed by atoms with van der Waals surface area (Å²) in [5.41, 5.74) is 1.39. The molecule has 1 N–H and O–H groups in total. The van der Waals surface area contributed by atoms with Gasteiger partial charge in [-0.1, -0.05) is 0 Å². The lowest BCUT2D eigenvalue weighted by atomic mass is 10.2. The van der Waals surface area contributed by atoms with E-state index in [1.807, 2.05) is 21.1 Å². The molecule has 6 heteroatoms. The van der Waals surface area contributed by atoms with Crippen molar-refractivity contribution in [3.8, 4) is 0 Å². The fourth-order valence-electron chi connectivity index (χ4n) is 2.32. The van der Waals surface area contributed by atoms with E-state index in [1.54, 1.807) is 11.0 Å².